The molecule has 0 fully saturated rings. The van der Waals surface area contributed by atoms with Gasteiger partial charge >= 0.3 is 0 Å². The standard InChI is InChI=1S/C17H12F3N5S/c1-10-3-2-4-12(22-10)15-14(16(17(18)19)25(23-15)26-20)11-5-6-13-21-7-8-24(13)9-11/h2-9,17H,1H3. The first-order valence-corrected chi connectivity index (χ1v) is 8.33. The zero-order valence-corrected chi connectivity index (χ0v) is 14.3. The zero-order valence-electron chi connectivity index (χ0n) is 13.5. The summed E-state index contributed by atoms with van der Waals surface area (Å²) in [6, 6.07) is 8.58. The Labute approximate surface area is 150 Å². The van der Waals surface area contributed by atoms with Gasteiger partial charge in [-0.25, -0.2) is 13.8 Å². The number of halogens is 3. The van der Waals surface area contributed by atoms with Crippen LogP contribution >= 0.6 is 12.3 Å². The molecule has 0 atom stereocenters. The highest BCUT2D eigenvalue weighted by Crippen LogP contribution is 2.40. The van der Waals surface area contributed by atoms with E-state index in [2.05, 4.69) is 15.1 Å². The van der Waals surface area contributed by atoms with E-state index in [1.807, 2.05) is 0 Å². The van der Waals surface area contributed by atoms with Gasteiger partial charge in [-0.2, -0.15) is 9.19 Å². The molecule has 4 aromatic rings. The summed E-state index contributed by atoms with van der Waals surface area (Å²) in [7, 11) is 0. The fourth-order valence-electron chi connectivity index (χ4n) is 2.86. The van der Waals surface area contributed by atoms with E-state index in [4.69, 9.17) is 0 Å². The monoisotopic (exact) mass is 375 g/mol. The Kier molecular flexibility index (Phi) is 4.15. The molecular formula is C17H12F3N5S. The van der Waals surface area contributed by atoms with E-state index in [-0.39, 0.29) is 23.6 Å². The highest BCUT2D eigenvalue weighted by atomic mass is 32.2. The van der Waals surface area contributed by atoms with Crippen LogP contribution in [0.4, 0.5) is 12.7 Å². The maximum Gasteiger partial charge on any atom is 0.281 e. The van der Waals surface area contributed by atoms with Crippen molar-refractivity contribution in [3.8, 4) is 22.5 Å². The Hall–Kier alpha value is -2.81. The molecule has 0 N–H and O–H groups in total. The fourth-order valence-corrected chi connectivity index (χ4v) is 3.22. The SMILES string of the molecule is Cc1cccc(-c2nn(SF)c(C(F)F)c2-c2ccc3nccn3c2)n1. The van der Waals surface area contributed by atoms with Crippen molar-refractivity contribution in [3.63, 3.8) is 0 Å². The number of aromatic nitrogens is 5. The summed E-state index contributed by atoms with van der Waals surface area (Å²) in [5.41, 5.74) is 2.11. The van der Waals surface area contributed by atoms with Crippen LogP contribution in [0.3, 0.4) is 0 Å². The molecule has 0 aromatic carbocycles. The Morgan fingerprint density at radius 1 is 1.15 bits per heavy atom. The summed E-state index contributed by atoms with van der Waals surface area (Å²) in [5, 5.41) is 4.04. The third-order valence-electron chi connectivity index (χ3n) is 3.97. The van der Waals surface area contributed by atoms with Crippen LogP contribution in [0.2, 0.25) is 0 Å². The van der Waals surface area contributed by atoms with Crippen LogP contribution in [0.1, 0.15) is 17.8 Å². The molecule has 26 heavy (non-hydrogen) atoms. The lowest BCUT2D eigenvalue weighted by atomic mass is 10.0. The second-order valence-corrected chi connectivity index (χ2v) is 6.11. The number of imidazole rings is 1. The van der Waals surface area contributed by atoms with Crippen molar-refractivity contribution in [1.82, 2.24) is 23.6 Å². The number of hydrogen-bond acceptors (Lipinski definition) is 4. The molecule has 9 heteroatoms. The number of alkyl halides is 2. The van der Waals surface area contributed by atoms with Crippen LogP contribution in [0.5, 0.6) is 0 Å². The Morgan fingerprint density at radius 2 is 2.00 bits per heavy atom. The van der Waals surface area contributed by atoms with Gasteiger partial charge < -0.3 is 4.40 Å². The molecule has 0 bridgehead atoms. The van der Waals surface area contributed by atoms with Gasteiger partial charge in [0.25, 0.3) is 6.43 Å². The topological polar surface area (TPSA) is 48.0 Å². The van der Waals surface area contributed by atoms with E-state index < -0.39 is 12.1 Å². The van der Waals surface area contributed by atoms with Crippen LogP contribution in [0.25, 0.3) is 28.2 Å². The van der Waals surface area contributed by atoms with Crippen molar-refractivity contribution in [3.05, 3.63) is 60.3 Å². The normalized spacial score (nSPS) is 11.6. The minimum absolute atomic E-state index is 0.152. The second-order valence-electron chi connectivity index (χ2n) is 5.63. The molecule has 0 aliphatic rings. The predicted octanol–water partition coefficient (Wildman–Crippen LogP) is 4.89. The van der Waals surface area contributed by atoms with Crippen molar-refractivity contribution < 1.29 is 12.7 Å². The minimum Gasteiger partial charge on any atom is -0.306 e. The third kappa shape index (κ3) is 2.74. The molecule has 5 nitrogen and oxygen atoms in total. The predicted molar refractivity (Wildman–Crippen MR) is 93.4 cm³/mol. The summed E-state index contributed by atoms with van der Waals surface area (Å²) >= 11 is -0.364. The highest BCUT2D eigenvalue weighted by molar-refractivity contribution is 7.92. The Bertz CT molecular complexity index is 1090. The van der Waals surface area contributed by atoms with Crippen LogP contribution in [0, 0.1) is 6.92 Å². The maximum absolute atomic E-state index is 13.7. The minimum atomic E-state index is -2.90. The molecule has 0 aliphatic heterocycles. The van der Waals surface area contributed by atoms with E-state index in [1.54, 1.807) is 60.2 Å². The smallest absolute Gasteiger partial charge is 0.281 e. The van der Waals surface area contributed by atoms with E-state index in [0.29, 0.717) is 26.7 Å². The van der Waals surface area contributed by atoms with Crippen LogP contribution in [-0.4, -0.2) is 23.6 Å². The number of hydrogen-bond donors (Lipinski definition) is 0. The van der Waals surface area contributed by atoms with E-state index in [9.17, 15) is 12.7 Å². The summed E-state index contributed by atoms with van der Waals surface area (Å²) in [6.07, 6.45) is 2.08. The lowest BCUT2D eigenvalue weighted by molar-refractivity contribution is 0.145. The van der Waals surface area contributed by atoms with Crippen LogP contribution in [0.15, 0.2) is 48.9 Å². The summed E-state index contributed by atoms with van der Waals surface area (Å²) < 4.78 is 43.1. The van der Waals surface area contributed by atoms with Gasteiger partial charge in [0.1, 0.15) is 17.0 Å². The lowest BCUT2D eigenvalue weighted by Crippen LogP contribution is -1.97. The summed E-state index contributed by atoms with van der Waals surface area (Å²) in [6.45, 7) is 1.79. The van der Waals surface area contributed by atoms with Gasteiger partial charge in [0.05, 0.1) is 5.69 Å². The molecule has 0 radical (unpaired) electrons. The molecule has 0 saturated heterocycles. The number of rotatable bonds is 4. The van der Waals surface area contributed by atoms with E-state index in [1.165, 1.54) is 0 Å². The Balaban J connectivity index is 2.02. The molecule has 0 saturated carbocycles. The average molecular weight is 375 g/mol. The summed E-state index contributed by atoms with van der Waals surface area (Å²) in [4.78, 5) is 8.50. The fraction of sp³-hybridized carbons (Fsp3) is 0.118. The third-order valence-corrected chi connectivity index (χ3v) is 4.38. The second kappa shape index (κ2) is 6.49. The maximum atomic E-state index is 13.7. The van der Waals surface area contributed by atoms with E-state index in [0.717, 1.165) is 0 Å². The zero-order chi connectivity index (χ0) is 18.3. The van der Waals surface area contributed by atoms with Crippen molar-refractivity contribution in [2.45, 2.75) is 13.3 Å². The van der Waals surface area contributed by atoms with Gasteiger partial charge in [-0.05, 0) is 31.2 Å². The molecule has 0 unspecified atom stereocenters. The van der Waals surface area contributed by atoms with Gasteiger partial charge in [-0.1, -0.05) is 6.07 Å². The number of fused-ring (bicyclic) bond motifs is 1. The first-order valence-electron chi connectivity index (χ1n) is 7.65. The van der Waals surface area contributed by atoms with Gasteiger partial charge in [0.2, 0.25) is 0 Å². The Morgan fingerprint density at radius 3 is 2.73 bits per heavy atom. The van der Waals surface area contributed by atoms with Crippen LogP contribution in [-0.2, 0) is 0 Å². The van der Waals surface area contributed by atoms with Crippen molar-refractivity contribution >= 4 is 18.0 Å². The van der Waals surface area contributed by atoms with Crippen molar-refractivity contribution in [2.24, 2.45) is 0 Å². The van der Waals surface area contributed by atoms with Crippen molar-refractivity contribution in [1.29, 1.82) is 0 Å². The molecule has 0 amide bonds. The van der Waals surface area contributed by atoms with Gasteiger partial charge in [0.15, 0.2) is 12.3 Å². The van der Waals surface area contributed by atoms with Gasteiger partial charge in [-0.15, -0.1) is 3.89 Å². The van der Waals surface area contributed by atoms with Crippen molar-refractivity contribution in [2.75, 3.05) is 0 Å². The average Bonchev–Trinajstić information content (AvgIpc) is 3.25. The summed E-state index contributed by atoms with van der Waals surface area (Å²) in [5.74, 6) is 0. The molecule has 0 aliphatic carbocycles. The lowest BCUT2D eigenvalue weighted by Gasteiger charge is -2.08. The quantitative estimate of drug-likeness (QED) is 0.510. The van der Waals surface area contributed by atoms with Gasteiger partial charge in [0, 0.05) is 35.4 Å². The first-order chi connectivity index (χ1) is 12.6. The largest absolute Gasteiger partial charge is 0.306 e. The number of pyridine rings is 2. The molecule has 4 heterocycles. The molecule has 4 rings (SSSR count). The first kappa shape index (κ1) is 16.6. The highest BCUT2D eigenvalue weighted by Gasteiger charge is 2.28. The number of aryl methyl sites for hydroxylation is 1. The van der Waals surface area contributed by atoms with E-state index >= 15 is 0 Å². The number of nitrogens with zero attached hydrogens (tertiary/aromatic N) is 5. The van der Waals surface area contributed by atoms with Crippen LogP contribution < -0.4 is 0 Å². The molecule has 0 spiro atoms. The van der Waals surface area contributed by atoms with Gasteiger partial charge in [-0.3, -0.25) is 4.98 Å². The molecular weight excluding hydrogens is 363 g/mol. The molecule has 4 aromatic heterocycles. The molecule has 132 valence electrons.